The molecular formula is C20H16F2N2O2S2. The molecule has 28 heavy (non-hydrogen) atoms. The van der Waals surface area contributed by atoms with Gasteiger partial charge in [0.15, 0.2) is 17.0 Å². The van der Waals surface area contributed by atoms with Gasteiger partial charge in [-0.1, -0.05) is 23.9 Å². The van der Waals surface area contributed by atoms with E-state index in [1.165, 1.54) is 36.1 Å². The summed E-state index contributed by atoms with van der Waals surface area (Å²) in [5.41, 5.74) is 2.44. The van der Waals surface area contributed by atoms with Gasteiger partial charge >= 0.3 is 0 Å². The fourth-order valence-corrected chi connectivity index (χ4v) is 5.02. The number of halogens is 2. The molecule has 8 heteroatoms. The van der Waals surface area contributed by atoms with Crippen LogP contribution in [0.3, 0.4) is 0 Å². The van der Waals surface area contributed by atoms with Crippen molar-refractivity contribution in [3.8, 4) is 16.9 Å². The summed E-state index contributed by atoms with van der Waals surface area (Å²) in [5, 5.41) is 17.3. The second-order valence-electron chi connectivity index (χ2n) is 6.47. The zero-order valence-electron chi connectivity index (χ0n) is 15.0. The lowest BCUT2D eigenvalue weighted by Gasteiger charge is -2.11. The number of carbonyl (C=O) groups is 1. The monoisotopic (exact) mass is 418 g/mol. The maximum absolute atomic E-state index is 14.3. The SMILES string of the molecule is Cc1ccc(-c2csc(NC(=O)C3Nc4ccc(O)cc4S3)c2C)c(F)c1F. The molecule has 3 N–H and O–H groups in total. The summed E-state index contributed by atoms with van der Waals surface area (Å²) >= 11 is 2.57. The Hall–Kier alpha value is -2.58. The lowest BCUT2D eigenvalue weighted by Crippen LogP contribution is -2.29. The molecule has 0 aliphatic carbocycles. The van der Waals surface area contributed by atoms with Gasteiger partial charge in [-0.2, -0.15) is 0 Å². The van der Waals surface area contributed by atoms with Gasteiger partial charge in [0.1, 0.15) is 5.75 Å². The van der Waals surface area contributed by atoms with Crippen LogP contribution in [-0.2, 0) is 4.79 Å². The van der Waals surface area contributed by atoms with E-state index in [9.17, 15) is 18.7 Å². The second kappa shape index (κ2) is 7.10. The fourth-order valence-electron chi connectivity index (χ4n) is 2.98. The number of aryl methyl sites for hydroxylation is 1. The Bertz CT molecular complexity index is 1100. The molecule has 1 atom stereocenters. The molecule has 3 aromatic rings. The third kappa shape index (κ3) is 3.22. The van der Waals surface area contributed by atoms with Gasteiger partial charge in [0.2, 0.25) is 0 Å². The molecule has 1 aromatic heterocycles. The number of nitrogens with one attached hydrogen (secondary N) is 2. The molecule has 0 saturated carbocycles. The molecule has 1 amide bonds. The van der Waals surface area contributed by atoms with Crippen molar-refractivity contribution in [1.29, 1.82) is 0 Å². The van der Waals surface area contributed by atoms with Crippen molar-refractivity contribution >= 4 is 39.7 Å². The minimum absolute atomic E-state index is 0.139. The molecule has 0 spiro atoms. The third-order valence-corrected chi connectivity index (χ3v) is 6.73. The van der Waals surface area contributed by atoms with E-state index in [-0.39, 0.29) is 22.8 Å². The largest absolute Gasteiger partial charge is 0.508 e. The molecule has 0 radical (unpaired) electrons. The van der Waals surface area contributed by atoms with Crippen molar-refractivity contribution in [3.63, 3.8) is 0 Å². The van der Waals surface area contributed by atoms with Crippen LogP contribution in [0.25, 0.3) is 11.1 Å². The number of thioether (sulfide) groups is 1. The van der Waals surface area contributed by atoms with E-state index in [0.717, 1.165) is 10.6 Å². The summed E-state index contributed by atoms with van der Waals surface area (Å²) in [4.78, 5) is 13.4. The number of thiophene rings is 1. The van der Waals surface area contributed by atoms with Gasteiger partial charge in [-0.05, 0) is 43.2 Å². The highest BCUT2D eigenvalue weighted by Gasteiger charge is 2.29. The van der Waals surface area contributed by atoms with Crippen LogP contribution >= 0.6 is 23.1 Å². The molecular weight excluding hydrogens is 402 g/mol. The average molecular weight is 418 g/mol. The van der Waals surface area contributed by atoms with Crippen molar-refractivity contribution in [3.05, 3.63) is 58.5 Å². The maximum atomic E-state index is 14.3. The van der Waals surface area contributed by atoms with Crippen molar-refractivity contribution < 1.29 is 18.7 Å². The first-order chi connectivity index (χ1) is 13.3. The summed E-state index contributed by atoms with van der Waals surface area (Å²) in [7, 11) is 0. The lowest BCUT2D eigenvalue weighted by molar-refractivity contribution is -0.115. The molecule has 144 valence electrons. The summed E-state index contributed by atoms with van der Waals surface area (Å²) in [5.74, 6) is -1.86. The highest BCUT2D eigenvalue weighted by molar-refractivity contribution is 8.01. The first-order valence-corrected chi connectivity index (χ1v) is 10.2. The molecule has 0 fully saturated rings. The Morgan fingerprint density at radius 1 is 1.14 bits per heavy atom. The van der Waals surface area contributed by atoms with Crippen LogP contribution in [0.4, 0.5) is 19.5 Å². The zero-order chi connectivity index (χ0) is 20.0. The summed E-state index contributed by atoms with van der Waals surface area (Å²) in [6.45, 7) is 3.28. The molecule has 1 aliphatic heterocycles. The fraction of sp³-hybridized carbons (Fsp3) is 0.150. The Kier molecular flexibility index (Phi) is 4.76. The molecule has 0 bridgehead atoms. The number of amides is 1. The van der Waals surface area contributed by atoms with Gasteiger partial charge in [-0.25, -0.2) is 8.78 Å². The van der Waals surface area contributed by atoms with Crippen LogP contribution in [0, 0.1) is 25.5 Å². The highest BCUT2D eigenvalue weighted by Crippen LogP contribution is 2.42. The number of anilines is 2. The predicted octanol–water partition coefficient (Wildman–Crippen LogP) is 5.50. The molecule has 1 aliphatic rings. The van der Waals surface area contributed by atoms with E-state index in [2.05, 4.69) is 10.6 Å². The van der Waals surface area contributed by atoms with Gasteiger partial charge in [-0.15, -0.1) is 11.3 Å². The van der Waals surface area contributed by atoms with E-state index in [0.29, 0.717) is 16.1 Å². The van der Waals surface area contributed by atoms with Crippen molar-refractivity contribution in [2.75, 3.05) is 10.6 Å². The van der Waals surface area contributed by atoms with E-state index in [1.54, 1.807) is 36.6 Å². The number of fused-ring (bicyclic) bond motifs is 1. The summed E-state index contributed by atoms with van der Waals surface area (Å²) < 4.78 is 28.3. The van der Waals surface area contributed by atoms with Crippen molar-refractivity contribution in [2.45, 2.75) is 24.1 Å². The number of carbonyl (C=O) groups excluding carboxylic acids is 1. The normalized spacial score (nSPS) is 15.2. The Morgan fingerprint density at radius 2 is 1.93 bits per heavy atom. The first-order valence-electron chi connectivity index (χ1n) is 8.45. The van der Waals surface area contributed by atoms with Crippen LogP contribution < -0.4 is 10.6 Å². The molecule has 0 saturated heterocycles. The number of hydrogen-bond donors (Lipinski definition) is 3. The Morgan fingerprint density at radius 3 is 2.71 bits per heavy atom. The second-order valence-corrected chi connectivity index (χ2v) is 8.50. The quantitative estimate of drug-likeness (QED) is 0.492. The number of benzene rings is 2. The minimum Gasteiger partial charge on any atom is -0.508 e. The van der Waals surface area contributed by atoms with Gasteiger partial charge in [-0.3, -0.25) is 4.79 Å². The maximum Gasteiger partial charge on any atom is 0.258 e. The number of hydrogen-bond acceptors (Lipinski definition) is 5. The standard InChI is InChI=1S/C20H16F2N2O2S2/c1-9-3-5-12(17(22)16(9)21)13-8-27-19(10(13)2)24-18(26)20-23-14-6-4-11(25)7-15(14)28-20/h3-8,20,23,25H,1-2H3,(H,24,26). The van der Waals surface area contributed by atoms with Gasteiger partial charge in [0.25, 0.3) is 5.91 Å². The predicted molar refractivity (Wildman–Crippen MR) is 109 cm³/mol. The van der Waals surface area contributed by atoms with Crippen molar-refractivity contribution in [1.82, 2.24) is 0 Å². The number of rotatable bonds is 3. The summed E-state index contributed by atoms with van der Waals surface area (Å²) in [6.07, 6.45) is 0. The molecule has 2 heterocycles. The van der Waals surface area contributed by atoms with Crippen LogP contribution in [0.15, 0.2) is 40.6 Å². The molecule has 4 nitrogen and oxygen atoms in total. The van der Waals surface area contributed by atoms with Crippen LogP contribution in [0.2, 0.25) is 0 Å². The Balaban J connectivity index is 1.54. The molecule has 2 aromatic carbocycles. The van der Waals surface area contributed by atoms with E-state index in [1.807, 2.05) is 0 Å². The highest BCUT2D eigenvalue weighted by atomic mass is 32.2. The smallest absolute Gasteiger partial charge is 0.258 e. The lowest BCUT2D eigenvalue weighted by atomic mass is 10.0. The molecule has 1 unspecified atom stereocenters. The van der Waals surface area contributed by atoms with Gasteiger partial charge < -0.3 is 15.7 Å². The van der Waals surface area contributed by atoms with Crippen molar-refractivity contribution in [2.24, 2.45) is 0 Å². The number of phenols is 1. The third-order valence-electron chi connectivity index (χ3n) is 4.58. The van der Waals surface area contributed by atoms with E-state index >= 15 is 0 Å². The zero-order valence-corrected chi connectivity index (χ0v) is 16.6. The van der Waals surface area contributed by atoms with Crippen LogP contribution in [-0.4, -0.2) is 16.4 Å². The van der Waals surface area contributed by atoms with Crippen LogP contribution in [0.1, 0.15) is 11.1 Å². The minimum atomic E-state index is -0.887. The van der Waals surface area contributed by atoms with Gasteiger partial charge in [0.05, 0.1) is 5.00 Å². The average Bonchev–Trinajstić information content (AvgIpc) is 3.24. The molecule has 4 rings (SSSR count). The van der Waals surface area contributed by atoms with Gasteiger partial charge in [0, 0.05) is 27.1 Å². The number of phenolic OH excluding ortho intramolecular Hbond substituents is 1. The topological polar surface area (TPSA) is 61.4 Å². The van der Waals surface area contributed by atoms with E-state index in [4.69, 9.17) is 0 Å². The van der Waals surface area contributed by atoms with Crippen LogP contribution in [0.5, 0.6) is 5.75 Å². The summed E-state index contributed by atoms with van der Waals surface area (Å²) in [6, 6.07) is 7.95. The first kappa shape index (κ1) is 18.8. The van der Waals surface area contributed by atoms with E-state index < -0.39 is 17.0 Å². The Labute approximate surface area is 168 Å². The number of aromatic hydroxyl groups is 1.